The van der Waals surface area contributed by atoms with Crippen molar-refractivity contribution < 1.29 is 9.90 Å². The highest BCUT2D eigenvalue weighted by Gasteiger charge is 2.32. The van der Waals surface area contributed by atoms with Crippen LogP contribution in [0.25, 0.3) is 0 Å². The van der Waals surface area contributed by atoms with E-state index in [1.807, 2.05) is 18.2 Å². The predicted molar refractivity (Wildman–Crippen MR) is 76.0 cm³/mol. The molecule has 104 valence electrons. The fraction of sp³-hybridized carbons (Fsp3) is 0.562. The molecular weight excluding hydrogens is 238 g/mol. The summed E-state index contributed by atoms with van der Waals surface area (Å²) in [6.45, 7) is 2.56. The van der Waals surface area contributed by atoms with E-state index in [-0.39, 0.29) is 5.91 Å². The fourth-order valence-corrected chi connectivity index (χ4v) is 2.74. The van der Waals surface area contributed by atoms with Gasteiger partial charge in [0.05, 0.1) is 5.60 Å². The first kappa shape index (κ1) is 14.1. The van der Waals surface area contributed by atoms with Gasteiger partial charge in [0.25, 0.3) is 5.91 Å². The summed E-state index contributed by atoms with van der Waals surface area (Å²) in [7, 11) is 0. The first-order valence-corrected chi connectivity index (χ1v) is 7.18. The first-order chi connectivity index (χ1) is 9.13. The molecule has 1 fully saturated rings. The van der Waals surface area contributed by atoms with E-state index in [2.05, 4.69) is 12.2 Å². The van der Waals surface area contributed by atoms with Crippen molar-refractivity contribution in [3.63, 3.8) is 0 Å². The minimum atomic E-state index is -0.712. The van der Waals surface area contributed by atoms with Crippen molar-refractivity contribution in [1.29, 1.82) is 0 Å². The van der Waals surface area contributed by atoms with Gasteiger partial charge in [-0.3, -0.25) is 4.79 Å². The third kappa shape index (κ3) is 3.80. The molecule has 1 aromatic rings. The fourth-order valence-electron chi connectivity index (χ4n) is 2.74. The summed E-state index contributed by atoms with van der Waals surface area (Å²) in [6, 6.07) is 9.14. The SMILES string of the molecule is CCC1CCC(O)(CNC(=O)c2ccccc2)CC1. The first-order valence-electron chi connectivity index (χ1n) is 7.18. The van der Waals surface area contributed by atoms with E-state index in [0.717, 1.165) is 31.6 Å². The summed E-state index contributed by atoms with van der Waals surface area (Å²) in [5.41, 5.74) is -0.0656. The van der Waals surface area contributed by atoms with Gasteiger partial charge in [-0.15, -0.1) is 0 Å². The molecule has 1 aliphatic rings. The number of benzene rings is 1. The Morgan fingerprint density at radius 2 is 1.95 bits per heavy atom. The van der Waals surface area contributed by atoms with E-state index in [4.69, 9.17) is 0 Å². The molecule has 3 heteroatoms. The Morgan fingerprint density at radius 1 is 1.32 bits per heavy atom. The normalized spacial score (nSPS) is 26.9. The van der Waals surface area contributed by atoms with Gasteiger partial charge in [-0.2, -0.15) is 0 Å². The van der Waals surface area contributed by atoms with Crippen LogP contribution in [0.2, 0.25) is 0 Å². The van der Waals surface area contributed by atoms with Gasteiger partial charge in [-0.05, 0) is 43.7 Å². The molecule has 0 aliphatic heterocycles. The van der Waals surface area contributed by atoms with Crippen molar-refractivity contribution in [3.8, 4) is 0 Å². The number of rotatable bonds is 4. The molecule has 3 nitrogen and oxygen atoms in total. The maximum atomic E-state index is 11.9. The smallest absolute Gasteiger partial charge is 0.251 e. The van der Waals surface area contributed by atoms with Crippen molar-refractivity contribution >= 4 is 5.91 Å². The van der Waals surface area contributed by atoms with Gasteiger partial charge in [0, 0.05) is 12.1 Å². The molecule has 0 spiro atoms. The summed E-state index contributed by atoms with van der Waals surface area (Å²) in [5, 5.41) is 13.3. The Kier molecular flexibility index (Phi) is 4.59. The Hall–Kier alpha value is -1.35. The van der Waals surface area contributed by atoms with E-state index in [0.29, 0.717) is 12.1 Å². The van der Waals surface area contributed by atoms with E-state index in [1.165, 1.54) is 6.42 Å². The van der Waals surface area contributed by atoms with Crippen LogP contribution in [-0.2, 0) is 0 Å². The van der Waals surface area contributed by atoms with Gasteiger partial charge >= 0.3 is 0 Å². The lowest BCUT2D eigenvalue weighted by Crippen LogP contribution is -2.45. The topological polar surface area (TPSA) is 49.3 Å². The van der Waals surface area contributed by atoms with Gasteiger partial charge in [-0.25, -0.2) is 0 Å². The third-order valence-electron chi connectivity index (χ3n) is 4.23. The van der Waals surface area contributed by atoms with Crippen LogP contribution >= 0.6 is 0 Å². The molecule has 2 rings (SSSR count). The van der Waals surface area contributed by atoms with Gasteiger partial charge in [0.2, 0.25) is 0 Å². The van der Waals surface area contributed by atoms with Crippen LogP contribution in [0.1, 0.15) is 49.4 Å². The summed E-state index contributed by atoms with van der Waals surface area (Å²) in [5.74, 6) is 0.636. The Bertz CT molecular complexity index is 408. The van der Waals surface area contributed by atoms with Crippen LogP contribution in [0.15, 0.2) is 30.3 Å². The zero-order valence-corrected chi connectivity index (χ0v) is 11.6. The second-order valence-corrected chi connectivity index (χ2v) is 5.62. The standard InChI is InChI=1S/C16H23NO2/c1-2-13-8-10-16(19,11-9-13)12-17-15(18)14-6-4-3-5-7-14/h3-7,13,19H,2,8-12H2,1H3,(H,17,18). The highest BCUT2D eigenvalue weighted by atomic mass is 16.3. The van der Waals surface area contributed by atoms with Crippen molar-refractivity contribution in [1.82, 2.24) is 5.32 Å². The van der Waals surface area contributed by atoms with E-state index < -0.39 is 5.60 Å². The molecule has 0 aromatic heterocycles. The van der Waals surface area contributed by atoms with Crippen molar-refractivity contribution in [2.75, 3.05) is 6.54 Å². The van der Waals surface area contributed by atoms with E-state index >= 15 is 0 Å². The average Bonchev–Trinajstić information content (AvgIpc) is 2.47. The Morgan fingerprint density at radius 3 is 2.53 bits per heavy atom. The molecule has 1 aromatic carbocycles. The molecule has 0 radical (unpaired) electrons. The summed E-state index contributed by atoms with van der Waals surface area (Å²) in [6.07, 6.45) is 4.90. The van der Waals surface area contributed by atoms with Crippen LogP contribution in [0, 0.1) is 5.92 Å². The van der Waals surface area contributed by atoms with Crippen LogP contribution in [0.3, 0.4) is 0 Å². The lowest BCUT2D eigenvalue weighted by molar-refractivity contribution is -0.00786. The largest absolute Gasteiger partial charge is 0.388 e. The molecule has 1 saturated carbocycles. The summed E-state index contributed by atoms with van der Waals surface area (Å²) in [4.78, 5) is 11.9. The van der Waals surface area contributed by atoms with Crippen LogP contribution in [0.5, 0.6) is 0 Å². The Balaban J connectivity index is 1.84. The molecular formula is C16H23NO2. The van der Waals surface area contributed by atoms with Gasteiger partial charge < -0.3 is 10.4 Å². The summed E-state index contributed by atoms with van der Waals surface area (Å²) >= 11 is 0. The van der Waals surface area contributed by atoms with Gasteiger partial charge in [0.1, 0.15) is 0 Å². The summed E-state index contributed by atoms with van der Waals surface area (Å²) < 4.78 is 0. The van der Waals surface area contributed by atoms with Crippen LogP contribution in [0.4, 0.5) is 0 Å². The zero-order valence-electron chi connectivity index (χ0n) is 11.6. The van der Waals surface area contributed by atoms with Crippen molar-refractivity contribution in [2.24, 2.45) is 5.92 Å². The molecule has 0 saturated heterocycles. The predicted octanol–water partition coefficient (Wildman–Crippen LogP) is 2.75. The number of amides is 1. The molecule has 1 aliphatic carbocycles. The number of nitrogens with one attached hydrogen (secondary N) is 1. The maximum absolute atomic E-state index is 11.9. The average molecular weight is 261 g/mol. The Labute approximate surface area is 115 Å². The van der Waals surface area contributed by atoms with Crippen LogP contribution in [-0.4, -0.2) is 23.2 Å². The number of hydrogen-bond acceptors (Lipinski definition) is 2. The number of aliphatic hydroxyl groups is 1. The lowest BCUT2D eigenvalue weighted by Gasteiger charge is -2.35. The van der Waals surface area contributed by atoms with E-state index in [9.17, 15) is 9.90 Å². The van der Waals surface area contributed by atoms with Gasteiger partial charge in [0.15, 0.2) is 0 Å². The molecule has 0 bridgehead atoms. The highest BCUT2D eigenvalue weighted by molar-refractivity contribution is 5.94. The molecule has 2 N–H and O–H groups in total. The number of carbonyl (C=O) groups is 1. The van der Waals surface area contributed by atoms with Gasteiger partial charge in [-0.1, -0.05) is 31.5 Å². The molecule has 0 atom stereocenters. The van der Waals surface area contributed by atoms with Crippen molar-refractivity contribution in [2.45, 2.75) is 44.6 Å². The second-order valence-electron chi connectivity index (χ2n) is 5.62. The molecule has 1 amide bonds. The monoisotopic (exact) mass is 261 g/mol. The maximum Gasteiger partial charge on any atom is 0.251 e. The van der Waals surface area contributed by atoms with E-state index in [1.54, 1.807) is 12.1 Å². The number of carbonyl (C=O) groups excluding carboxylic acids is 1. The van der Waals surface area contributed by atoms with Crippen molar-refractivity contribution in [3.05, 3.63) is 35.9 Å². The zero-order chi connectivity index (χ0) is 13.7. The molecule has 19 heavy (non-hydrogen) atoms. The third-order valence-corrected chi connectivity index (χ3v) is 4.23. The van der Waals surface area contributed by atoms with Crippen LogP contribution < -0.4 is 5.32 Å². The minimum absolute atomic E-state index is 0.105. The second kappa shape index (κ2) is 6.20. The minimum Gasteiger partial charge on any atom is -0.388 e. The molecule has 0 unspecified atom stereocenters. The number of hydrogen-bond donors (Lipinski definition) is 2. The molecule has 0 heterocycles. The highest BCUT2D eigenvalue weighted by Crippen LogP contribution is 2.33. The quantitative estimate of drug-likeness (QED) is 0.875. The lowest BCUT2D eigenvalue weighted by atomic mass is 9.78.